The molecule has 0 spiro atoms. The number of hydrogen-bond donors (Lipinski definition) is 0. The van der Waals surface area contributed by atoms with E-state index >= 15 is 0 Å². The molecule has 0 unspecified atom stereocenters. The highest BCUT2D eigenvalue weighted by Crippen LogP contribution is 2.37. The fraction of sp³-hybridized carbons (Fsp3) is 0.333. The number of aryl methyl sites for hydroxylation is 1. The first-order valence-corrected chi connectivity index (χ1v) is 16.6. The molecule has 37 heavy (non-hydrogen) atoms. The van der Waals surface area contributed by atoms with Crippen molar-refractivity contribution < 1.29 is 9.16 Å². The van der Waals surface area contributed by atoms with Gasteiger partial charge < -0.3 is 9.16 Å². The van der Waals surface area contributed by atoms with Crippen molar-refractivity contribution in [1.29, 1.82) is 0 Å². The molecular weight excluding hydrogens is 560 g/mol. The zero-order valence-corrected chi connectivity index (χ0v) is 25.4. The topological polar surface area (TPSA) is 44.2 Å². The number of hydrogen-bond acceptors (Lipinski definition) is 5. The summed E-state index contributed by atoms with van der Waals surface area (Å²) in [7, 11) is -2.58. The normalized spacial score (nSPS) is 12.0. The van der Waals surface area contributed by atoms with Crippen molar-refractivity contribution >= 4 is 46.0 Å². The number of halogens is 1. The van der Waals surface area contributed by atoms with Crippen molar-refractivity contribution in [1.82, 2.24) is 9.97 Å². The Morgan fingerprint density at radius 1 is 0.919 bits per heavy atom. The summed E-state index contributed by atoms with van der Waals surface area (Å²) < 4.78 is 13.0. The summed E-state index contributed by atoms with van der Waals surface area (Å²) in [5, 5.41) is 4.24. The fourth-order valence-corrected chi connectivity index (χ4v) is 11.1. The summed E-state index contributed by atoms with van der Waals surface area (Å²) in [4.78, 5) is 10.6. The summed E-state index contributed by atoms with van der Waals surface area (Å²) in [6, 6.07) is 25.3. The van der Waals surface area contributed by atoms with Crippen molar-refractivity contribution in [2.75, 3.05) is 13.2 Å². The van der Waals surface area contributed by atoms with E-state index in [1.54, 1.807) is 17.5 Å². The van der Waals surface area contributed by atoms with Gasteiger partial charge in [0.05, 0.1) is 12.3 Å². The van der Waals surface area contributed by atoms with E-state index in [2.05, 4.69) is 109 Å². The standard InChI is InChI=1S/C30H35BrN2O2SSi/c1-5-12-27-26(22-31)33-29(36-27)23-17-18-32-28(21-23)34-19-20-35-37(30(2,3)4,24-13-8-6-9-14-24)25-15-10-7-11-16-25/h6-11,13-18,21H,5,12,19-20,22H2,1-4H3. The summed E-state index contributed by atoms with van der Waals surface area (Å²) in [5.41, 5.74) is 2.16. The zero-order valence-electron chi connectivity index (χ0n) is 22.0. The van der Waals surface area contributed by atoms with Crippen LogP contribution in [-0.4, -0.2) is 31.5 Å². The molecule has 0 N–H and O–H groups in total. The molecule has 0 amide bonds. The lowest BCUT2D eigenvalue weighted by Gasteiger charge is -2.43. The maximum atomic E-state index is 6.93. The Morgan fingerprint density at radius 3 is 2.14 bits per heavy atom. The molecule has 0 saturated carbocycles. The number of pyridine rings is 1. The maximum Gasteiger partial charge on any atom is 0.261 e. The van der Waals surface area contributed by atoms with Crippen molar-refractivity contribution in [3.8, 4) is 16.5 Å². The average molecular weight is 596 g/mol. The van der Waals surface area contributed by atoms with Gasteiger partial charge in [-0.2, -0.15) is 0 Å². The van der Waals surface area contributed by atoms with E-state index in [1.807, 2.05) is 12.1 Å². The third kappa shape index (κ3) is 6.23. The fourth-order valence-electron chi connectivity index (χ4n) is 4.76. The summed E-state index contributed by atoms with van der Waals surface area (Å²) in [5.74, 6) is 0.594. The second-order valence-corrected chi connectivity index (χ2v) is 16.0. The molecule has 2 aromatic carbocycles. The van der Waals surface area contributed by atoms with Crippen LogP contribution in [0.1, 0.15) is 44.7 Å². The number of nitrogens with zero attached hydrogens (tertiary/aromatic N) is 2. The van der Waals surface area contributed by atoms with Gasteiger partial charge in [0.2, 0.25) is 5.88 Å². The Bertz CT molecular complexity index is 1240. The third-order valence-corrected chi connectivity index (χ3v) is 13.2. The first-order valence-electron chi connectivity index (χ1n) is 12.8. The number of benzene rings is 2. The van der Waals surface area contributed by atoms with Gasteiger partial charge in [-0.1, -0.05) is 111 Å². The molecule has 0 aliphatic carbocycles. The summed E-state index contributed by atoms with van der Waals surface area (Å²) >= 11 is 5.34. The molecule has 194 valence electrons. The van der Waals surface area contributed by atoms with Crippen LogP contribution in [0.25, 0.3) is 10.6 Å². The number of alkyl halides is 1. The van der Waals surface area contributed by atoms with E-state index < -0.39 is 8.32 Å². The molecule has 0 saturated heterocycles. The molecule has 7 heteroatoms. The first kappa shape index (κ1) is 27.7. The predicted octanol–water partition coefficient (Wildman–Crippen LogP) is 7.01. The van der Waals surface area contributed by atoms with Crippen molar-refractivity contribution in [2.45, 2.75) is 50.9 Å². The van der Waals surface area contributed by atoms with E-state index in [1.165, 1.54) is 15.3 Å². The molecule has 0 bridgehead atoms. The molecule has 0 fully saturated rings. The van der Waals surface area contributed by atoms with Crippen molar-refractivity contribution in [2.24, 2.45) is 0 Å². The Morgan fingerprint density at radius 2 is 1.57 bits per heavy atom. The molecule has 4 aromatic rings. The number of thiazole rings is 1. The molecule has 0 atom stereocenters. The number of aromatic nitrogens is 2. The molecule has 0 aliphatic heterocycles. The van der Waals surface area contributed by atoms with Crippen LogP contribution in [0, 0.1) is 0 Å². The highest BCUT2D eigenvalue weighted by molar-refractivity contribution is 9.08. The van der Waals surface area contributed by atoms with E-state index in [0.29, 0.717) is 19.1 Å². The van der Waals surface area contributed by atoms with Crippen molar-refractivity contribution in [3.63, 3.8) is 0 Å². The van der Waals surface area contributed by atoms with E-state index in [9.17, 15) is 0 Å². The Balaban J connectivity index is 1.52. The van der Waals surface area contributed by atoms with E-state index in [-0.39, 0.29) is 5.04 Å². The minimum absolute atomic E-state index is 0.0674. The summed E-state index contributed by atoms with van der Waals surface area (Å²) in [6.07, 6.45) is 3.95. The smallest absolute Gasteiger partial charge is 0.261 e. The van der Waals surface area contributed by atoms with Crippen LogP contribution in [0.2, 0.25) is 5.04 Å². The van der Waals surface area contributed by atoms with E-state index in [4.69, 9.17) is 14.1 Å². The molecule has 2 aromatic heterocycles. The van der Waals surface area contributed by atoms with Crippen LogP contribution in [0.15, 0.2) is 79.0 Å². The monoisotopic (exact) mass is 594 g/mol. The van der Waals surface area contributed by atoms with Gasteiger partial charge in [-0.3, -0.25) is 0 Å². The van der Waals surface area contributed by atoms with Crippen LogP contribution in [0.3, 0.4) is 0 Å². The van der Waals surface area contributed by atoms with Gasteiger partial charge in [-0.25, -0.2) is 9.97 Å². The summed E-state index contributed by atoms with van der Waals surface area (Å²) in [6.45, 7) is 9.95. The minimum Gasteiger partial charge on any atom is -0.475 e. The lowest BCUT2D eigenvalue weighted by atomic mass is 10.2. The van der Waals surface area contributed by atoms with Crippen LogP contribution >= 0.6 is 27.3 Å². The quantitative estimate of drug-likeness (QED) is 0.106. The minimum atomic E-state index is -2.58. The molecular formula is C30H35BrN2O2SSi. The Labute approximate surface area is 234 Å². The number of ether oxygens (including phenoxy) is 1. The van der Waals surface area contributed by atoms with Gasteiger partial charge in [-0.05, 0) is 27.9 Å². The van der Waals surface area contributed by atoms with Crippen LogP contribution in [0.5, 0.6) is 5.88 Å². The lowest BCUT2D eigenvalue weighted by molar-refractivity contribution is 0.203. The largest absolute Gasteiger partial charge is 0.475 e. The first-order chi connectivity index (χ1) is 17.9. The van der Waals surface area contributed by atoms with Gasteiger partial charge in [0.15, 0.2) is 0 Å². The zero-order chi connectivity index (χ0) is 26.3. The molecule has 2 heterocycles. The van der Waals surface area contributed by atoms with Gasteiger partial charge in [0.25, 0.3) is 8.32 Å². The van der Waals surface area contributed by atoms with Crippen LogP contribution in [-0.2, 0) is 16.2 Å². The molecule has 4 nitrogen and oxygen atoms in total. The van der Waals surface area contributed by atoms with E-state index in [0.717, 1.165) is 34.4 Å². The molecule has 4 rings (SSSR count). The average Bonchev–Trinajstić information content (AvgIpc) is 3.32. The SMILES string of the molecule is CCCc1sc(-c2ccnc(OCCO[Si](c3ccccc3)(c3ccccc3)C(C)(C)C)c2)nc1CBr. The Kier molecular flexibility index (Phi) is 9.35. The molecule has 0 aliphatic rings. The van der Waals surface area contributed by atoms with Gasteiger partial charge in [-0.15, -0.1) is 11.3 Å². The Hall–Kier alpha value is -2.32. The maximum absolute atomic E-state index is 6.93. The van der Waals surface area contributed by atoms with Crippen molar-refractivity contribution in [3.05, 3.63) is 89.6 Å². The van der Waals surface area contributed by atoms with Gasteiger partial charge in [0, 0.05) is 28.0 Å². The lowest BCUT2D eigenvalue weighted by Crippen LogP contribution is -2.66. The van der Waals surface area contributed by atoms with Gasteiger partial charge in [0.1, 0.15) is 11.6 Å². The van der Waals surface area contributed by atoms with Crippen LogP contribution in [0.4, 0.5) is 0 Å². The highest BCUT2D eigenvalue weighted by Gasteiger charge is 2.50. The number of rotatable bonds is 11. The predicted molar refractivity (Wildman–Crippen MR) is 161 cm³/mol. The van der Waals surface area contributed by atoms with Gasteiger partial charge >= 0.3 is 0 Å². The second-order valence-electron chi connectivity index (χ2n) is 10.0. The van der Waals surface area contributed by atoms with Crippen LogP contribution < -0.4 is 15.1 Å². The highest BCUT2D eigenvalue weighted by atomic mass is 79.9. The second kappa shape index (κ2) is 12.5. The third-order valence-electron chi connectivity index (χ3n) is 6.43. The molecule has 0 radical (unpaired) electrons.